The van der Waals surface area contributed by atoms with Crippen LogP contribution in [-0.4, -0.2) is 64.2 Å². The van der Waals surface area contributed by atoms with E-state index in [1.54, 1.807) is 6.08 Å². The van der Waals surface area contributed by atoms with Crippen molar-refractivity contribution in [2.45, 2.75) is 30.6 Å². The molecule has 0 aliphatic carbocycles. The van der Waals surface area contributed by atoms with Crippen LogP contribution in [0, 0.1) is 0 Å². The summed E-state index contributed by atoms with van der Waals surface area (Å²) in [6, 6.07) is 0. The molecule has 0 aromatic rings. The number of ether oxygens (including phenoxy) is 1. The number of nitrogens with one attached hydrogen (secondary N) is 1. The predicted octanol–water partition coefficient (Wildman–Crippen LogP) is -2.44. The summed E-state index contributed by atoms with van der Waals surface area (Å²) in [6.45, 7) is 3.45. The van der Waals surface area contributed by atoms with Crippen molar-refractivity contribution < 1.29 is 25.2 Å². The van der Waals surface area contributed by atoms with Crippen molar-refractivity contribution in [2.75, 3.05) is 13.2 Å². The van der Waals surface area contributed by atoms with Gasteiger partial charge >= 0.3 is 0 Å². The zero-order valence-electron chi connectivity index (χ0n) is 8.28. The summed E-state index contributed by atoms with van der Waals surface area (Å²) in [6.07, 6.45) is -4.00. The second kappa shape index (κ2) is 5.55. The first-order valence-electron chi connectivity index (χ1n) is 4.76. The zero-order chi connectivity index (χ0) is 11.4. The SMILES string of the molecule is C=CCN[C@H]1O[C@H](CO)[C@H](O)[C@H](O)[C@H]1O. The Morgan fingerprint density at radius 1 is 1.20 bits per heavy atom. The van der Waals surface area contributed by atoms with Crippen LogP contribution in [0.4, 0.5) is 0 Å². The van der Waals surface area contributed by atoms with Crippen molar-refractivity contribution in [1.29, 1.82) is 0 Å². The van der Waals surface area contributed by atoms with Gasteiger partial charge in [0.2, 0.25) is 0 Å². The van der Waals surface area contributed by atoms with Gasteiger partial charge in [-0.3, -0.25) is 5.32 Å². The molecule has 5 N–H and O–H groups in total. The number of hydrogen-bond donors (Lipinski definition) is 5. The predicted molar refractivity (Wildman–Crippen MR) is 52.0 cm³/mol. The molecule has 0 saturated carbocycles. The van der Waals surface area contributed by atoms with Gasteiger partial charge in [0.25, 0.3) is 0 Å². The number of hydrogen-bond acceptors (Lipinski definition) is 6. The minimum absolute atomic E-state index is 0.392. The van der Waals surface area contributed by atoms with E-state index in [-0.39, 0.29) is 0 Å². The number of rotatable bonds is 4. The summed E-state index contributed by atoms with van der Waals surface area (Å²) in [7, 11) is 0. The van der Waals surface area contributed by atoms with E-state index in [0.29, 0.717) is 6.54 Å². The molecular weight excluding hydrogens is 202 g/mol. The molecule has 5 atom stereocenters. The van der Waals surface area contributed by atoms with Crippen molar-refractivity contribution in [3.05, 3.63) is 12.7 Å². The van der Waals surface area contributed by atoms with Gasteiger partial charge in [-0.2, -0.15) is 0 Å². The van der Waals surface area contributed by atoms with E-state index >= 15 is 0 Å². The van der Waals surface area contributed by atoms with Gasteiger partial charge in [-0.15, -0.1) is 6.58 Å². The molecule has 0 bridgehead atoms. The van der Waals surface area contributed by atoms with E-state index in [1.807, 2.05) is 0 Å². The van der Waals surface area contributed by atoms with Crippen LogP contribution in [0.3, 0.4) is 0 Å². The van der Waals surface area contributed by atoms with Crippen LogP contribution in [0.1, 0.15) is 0 Å². The second-order valence-electron chi connectivity index (χ2n) is 3.45. The van der Waals surface area contributed by atoms with Gasteiger partial charge in [0.15, 0.2) is 0 Å². The Morgan fingerprint density at radius 3 is 2.40 bits per heavy atom. The maximum Gasteiger partial charge on any atom is 0.137 e. The van der Waals surface area contributed by atoms with E-state index in [2.05, 4.69) is 11.9 Å². The third kappa shape index (κ3) is 2.75. The second-order valence-corrected chi connectivity index (χ2v) is 3.45. The molecule has 0 aromatic carbocycles. The fourth-order valence-electron chi connectivity index (χ4n) is 1.47. The first-order chi connectivity index (χ1) is 7.11. The van der Waals surface area contributed by atoms with Crippen LogP contribution >= 0.6 is 0 Å². The highest BCUT2D eigenvalue weighted by atomic mass is 16.6. The summed E-state index contributed by atoms with van der Waals surface area (Å²) in [5.41, 5.74) is 0. The Hall–Kier alpha value is -0.500. The molecule has 1 fully saturated rings. The van der Waals surface area contributed by atoms with Crippen molar-refractivity contribution in [2.24, 2.45) is 0 Å². The lowest BCUT2D eigenvalue weighted by Crippen LogP contribution is -2.62. The average molecular weight is 219 g/mol. The Labute approximate surface area is 87.8 Å². The van der Waals surface area contributed by atoms with Gasteiger partial charge in [0, 0.05) is 6.54 Å². The molecular formula is C9H17NO5. The molecule has 0 aromatic heterocycles. The van der Waals surface area contributed by atoms with Gasteiger partial charge in [-0.25, -0.2) is 0 Å². The first kappa shape index (κ1) is 12.6. The summed E-state index contributed by atoms with van der Waals surface area (Å²) in [4.78, 5) is 0. The smallest absolute Gasteiger partial charge is 0.137 e. The molecule has 1 saturated heterocycles. The van der Waals surface area contributed by atoms with Crippen molar-refractivity contribution in [3.8, 4) is 0 Å². The topological polar surface area (TPSA) is 102 Å². The van der Waals surface area contributed by atoms with E-state index in [9.17, 15) is 15.3 Å². The molecule has 0 radical (unpaired) electrons. The normalized spacial score (nSPS) is 41.5. The molecule has 1 aliphatic heterocycles. The van der Waals surface area contributed by atoms with Crippen LogP contribution in [-0.2, 0) is 4.74 Å². The fourth-order valence-corrected chi connectivity index (χ4v) is 1.47. The van der Waals surface area contributed by atoms with Gasteiger partial charge in [-0.05, 0) is 0 Å². The Morgan fingerprint density at radius 2 is 1.87 bits per heavy atom. The molecule has 88 valence electrons. The molecule has 15 heavy (non-hydrogen) atoms. The van der Waals surface area contributed by atoms with E-state index in [0.717, 1.165) is 0 Å². The highest BCUT2D eigenvalue weighted by Crippen LogP contribution is 2.19. The summed E-state index contributed by atoms with van der Waals surface area (Å²) in [5.74, 6) is 0. The highest BCUT2D eigenvalue weighted by Gasteiger charge is 2.42. The maximum atomic E-state index is 9.53. The molecule has 1 heterocycles. The van der Waals surface area contributed by atoms with Crippen LogP contribution in [0.5, 0.6) is 0 Å². The Bertz CT molecular complexity index is 211. The van der Waals surface area contributed by atoms with Crippen LogP contribution in [0.15, 0.2) is 12.7 Å². The lowest BCUT2D eigenvalue weighted by Gasteiger charge is -2.40. The molecule has 6 heteroatoms. The lowest BCUT2D eigenvalue weighted by molar-refractivity contribution is -0.235. The van der Waals surface area contributed by atoms with E-state index < -0.39 is 37.3 Å². The van der Waals surface area contributed by atoms with Crippen LogP contribution in [0.25, 0.3) is 0 Å². The summed E-state index contributed by atoms with van der Waals surface area (Å²) < 4.78 is 5.16. The minimum Gasteiger partial charge on any atom is -0.394 e. The number of aliphatic hydroxyl groups excluding tert-OH is 4. The van der Waals surface area contributed by atoms with Gasteiger partial charge < -0.3 is 25.2 Å². The van der Waals surface area contributed by atoms with Gasteiger partial charge in [0.1, 0.15) is 30.6 Å². The lowest BCUT2D eigenvalue weighted by atomic mass is 9.98. The minimum atomic E-state index is -1.33. The fraction of sp³-hybridized carbons (Fsp3) is 0.778. The Balaban J connectivity index is 2.60. The molecule has 1 aliphatic rings. The van der Waals surface area contributed by atoms with Crippen LogP contribution < -0.4 is 5.32 Å². The maximum absolute atomic E-state index is 9.53. The third-order valence-corrected chi connectivity index (χ3v) is 2.36. The monoisotopic (exact) mass is 219 g/mol. The molecule has 6 nitrogen and oxygen atoms in total. The van der Waals surface area contributed by atoms with Gasteiger partial charge in [0.05, 0.1) is 6.61 Å². The standard InChI is InChI=1S/C9H17NO5/c1-2-3-10-9-8(14)7(13)6(12)5(4-11)15-9/h2,5-14H,1,3-4H2/t5-,6+,7+,8-,9+/m1/s1. The van der Waals surface area contributed by atoms with Crippen molar-refractivity contribution in [1.82, 2.24) is 5.32 Å². The number of aliphatic hydroxyl groups is 4. The highest BCUT2D eigenvalue weighted by molar-refractivity contribution is 4.91. The van der Waals surface area contributed by atoms with Gasteiger partial charge in [-0.1, -0.05) is 6.08 Å². The molecule has 0 spiro atoms. The molecule has 0 amide bonds. The van der Waals surface area contributed by atoms with E-state index in [1.165, 1.54) is 0 Å². The van der Waals surface area contributed by atoms with Crippen LogP contribution in [0.2, 0.25) is 0 Å². The largest absolute Gasteiger partial charge is 0.394 e. The summed E-state index contributed by atoms with van der Waals surface area (Å²) >= 11 is 0. The zero-order valence-corrected chi connectivity index (χ0v) is 8.28. The average Bonchev–Trinajstić information content (AvgIpc) is 2.25. The third-order valence-electron chi connectivity index (χ3n) is 2.36. The Kier molecular flexibility index (Phi) is 4.65. The molecule has 0 unspecified atom stereocenters. The van der Waals surface area contributed by atoms with Crippen molar-refractivity contribution >= 4 is 0 Å². The van der Waals surface area contributed by atoms with E-state index in [4.69, 9.17) is 9.84 Å². The van der Waals surface area contributed by atoms with Crippen molar-refractivity contribution in [3.63, 3.8) is 0 Å². The summed E-state index contributed by atoms with van der Waals surface area (Å²) in [5, 5.41) is 40.0. The molecule has 1 rings (SSSR count). The quantitative estimate of drug-likeness (QED) is 0.337. The first-order valence-corrected chi connectivity index (χ1v) is 4.76.